The van der Waals surface area contributed by atoms with E-state index in [-0.39, 0.29) is 34.3 Å². The lowest BCUT2D eigenvalue weighted by Gasteiger charge is -2.45. The average molecular weight is 962 g/mol. The van der Waals surface area contributed by atoms with E-state index in [2.05, 4.69) is 0 Å². The van der Waals surface area contributed by atoms with Gasteiger partial charge in [-0.1, -0.05) is 12.1 Å². The van der Waals surface area contributed by atoms with E-state index in [9.17, 15) is 70.6 Å². The number of esters is 2. The third-order valence-corrected chi connectivity index (χ3v) is 11.1. The van der Waals surface area contributed by atoms with Gasteiger partial charge in [0.15, 0.2) is 18.2 Å². The summed E-state index contributed by atoms with van der Waals surface area (Å²) in [4.78, 5) is 35.6. The fourth-order valence-corrected chi connectivity index (χ4v) is 7.42. The fourth-order valence-electron chi connectivity index (χ4n) is 7.42. The summed E-state index contributed by atoms with van der Waals surface area (Å²) in [5.41, 5.74) is 0.871. The van der Waals surface area contributed by atoms with Gasteiger partial charge in [-0.15, -0.1) is 0 Å². The monoisotopic (exact) mass is 961 g/mol. The summed E-state index contributed by atoms with van der Waals surface area (Å²) in [5, 5.41) is 126. The topological polar surface area (TPSA) is 381 Å². The number of carbonyl (C=O) groups excluding carboxylic acids is 2. The molecule has 3 saturated heterocycles. The number of fused-ring (bicyclic) bond motifs is 1. The maximum atomic E-state index is 12.8. The van der Waals surface area contributed by atoms with Gasteiger partial charge < -0.3 is 104 Å². The molecular weight excluding hydrogens is 912 g/mol. The number of carboxylic acid groups (broad SMARTS) is 1. The smallest absolute Gasteiger partial charge is 0.330 e. The normalized spacial score (nSPS) is 32.5. The first-order chi connectivity index (χ1) is 32.4. The number of aliphatic hydroxyl groups excluding tert-OH is 8. The second-order valence-corrected chi connectivity index (χ2v) is 16.0. The molecule has 4 heterocycles. The number of phenols is 3. The molecule has 15 atom stereocenters. The molecule has 24 nitrogen and oxygen atoms in total. The molecule has 3 fully saturated rings. The van der Waals surface area contributed by atoms with Crippen molar-refractivity contribution in [1.82, 2.24) is 0 Å². The number of rotatable bonds is 15. The minimum Gasteiger partial charge on any atom is -0.571 e. The fraction of sp³-hybridized carbons (Fsp3) is 0.432. The third-order valence-electron chi connectivity index (χ3n) is 11.1. The lowest BCUT2D eigenvalue weighted by molar-refractivity contribution is -0.353. The zero-order chi connectivity index (χ0) is 49.0. The van der Waals surface area contributed by atoms with Crippen LogP contribution in [0, 0.1) is 0 Å². The van der Waals surface area contributed by atoms with E-state index in [1.54, 1.807) is 0 Å². The number of aromatic hydroxyl groups is 4. The van der Waals surface area contributed by atoms with Crippen molar-refractivity contribution in [3.8, 4) is 28.7 Å². The molecule has 0 amide bonds. The SMILES string of the molecule is O=C(O)CC(=O)OCC1OC(Oc2cc(O)cc3c2C=C(OC2OC(COC(=O)C=Cc4ccc(O)cc4)C(O)C(O)C2OC2OCC(O)C(O)C2O)C(c2ccc(O)cc2)[OH+]3)C(O)C(O)C1O. The highest BCUT2D eigenvalue weighted by Gasteiger charge is 2.52. The summed E-state index contributed by atoms with van der Waals surface area (Å²) in [5.74, 6) is -4.63. The Kier molecular flexibility index (Phi) is 15.7. The van der Waals surface area contributed by atoms with Crippen LogP contribution in [0.2, 0.25) is 0 Å². The zero-order valence-corrected chi connectivity index (χ0v) is 35.3. The van der Waals surface area contributed by atoms with Crippen LogP contribution >= 0.6 is 0 Å². The number of aliphatic carboxylic acids is 1. The van der Waals surface area contributed by atoms with Crippen LogP contribution < -0.4 is 4.74 Å². The highest BCUT2D eigenvalue weighted by Crippen LogP contribution is 2.47. The average Bonchev–Trinajstić information content (AvgIpc) is 3.30. The van der Waals surface area contributed by atoms with Gasteiger partial charge in [0.2, 0.25) is 12.6 Å². The van der Waals surface area contributed by atoms with E-state index in [4.69, 9.17) is 47.7 Å². The maximum absolute atomic E-state index is 12.8. The van der Waals surface area contributed by atoms with E-state index in [1.807, 2.05) is 0 Å². The van der Waals surface area contributed by atoms with Gasteiger partial charge in [0.05, 0.1) is 18.2 Å². The van der Waals surface area contributed by atoms with Gasteiger partial charge in [-0.05, 0) is 48.0 Å². The number of hydrogen-bond donors (Lipinski definition) is 12. The molecule has 13 N–H and O–H groups in total. The van der Waals surface area contributed by atoms with Crippen LogP contribution in [0.4, 0.5) is 0 Å². The second-order valence-electron chi connectivity index (χ2n) is 16.0. The van der Waals surface area contributed by atoms with E-state index >= 15 is 0 Å². The summed E-state index contributed by atoms with van der Waals surface area (Å²) >= 11 is 0. The molecule has 4 aliphatic heterocycles. The Bertz CT molecular complexity index is 2300. The van der Waals surface area contributed by atoms with E-state index < -0.39 is 142 Å². The number of benzene rings is 3. The van der Waals surface area contributed by atoms with Crippen molar-refractivity contribution in [3.63, 3.8) is 0 Å². The first kappa shape index (κ1) is 49.8. The van der Waals surface area contributed by atoms with Crippen molar-refractivity contribution >= 4 is 30.1 Å². The van der Waals surface area contributed by atoms with Gasteiger partial charge in [-0.25, -0.2) is 4.79 Å². The van der Waals surface area contributed by atoms with Gasteiger partial charge in [0, 0.05) is 18.2 Å². The molecule has 0 bridgehead atoms. The van der Waals surface area contributed by atoms with Gasteiger partial charge in [0.25, 0.3) is 11.9 Å². The quantitative estimate of drug-likeness (QED) is 0.0336. The lowest BCUT2D eigenvalue weighted by Crippen LogP contribution is -2.63. The van der Waals surface area contributed by atoms with Crippen LogP contribution in [0.15, 0.2) is 72.5 Å². The molecule has 0 radical (unpaired) electrons. The highest BCUT2D eigenvalue weighted by atomic mass is 16.8. The largest absolute Gasteiger partial charge is 0.571 e. The minimum absolute atomic E-state index is 0.00151. The van der Waals surface area contributed by atoms with Crippen LogP contribution in [-0.4, -0.2) is 190 Å². The Hall–Kier alpha value is -6.13. The molecule has 15 unspecified atom stereocenters. The van der Waals surface area contributed by atoms with Crippen LogP contribution in [-0.2, 0) is 47.5 Å². The lowest BCUT2D eigenvalue weighted by atomic mass is 9.97. The summed E-state index contributed by atoms with van der Waals surface area (Å²) in [6.07, 6.45) is -23.7. The van der Waals surface area contributed by atoms with Crippen molar-refractivity contribution in [1.29, 1.82) is 0 Å². The molecule has 0 saturated carbocycles. The summed E-state index contributed by atoms with van der Waals surface area (Å²) < 4.78 is 50.4. The van der Waals surface area contributed by atoms with Gasteiger partial charge in [-0.3, -0.25) is 9.59 Å². The number of hydrogen-bond acceptors (Lipinski definition) is 22. The first-order valence-electron chi connectivity index (χ1n) is 20.8. The van der Waals surface area contributed by atoms with Crippen molar-refractivity contribution < 1.29 is 118 Å². The molecule has 24 heteroatoms. The molecule has 0 aliphatic carbocycles. The van der Waals surface area contributed by atoms with Gasteiger partial charge in [-0.2, -0.15) is 0 Å². The van der Waals surface area contributed by atoms with Crippen molar-refractivity contribution in [2.24, 2.45) is 0 Å². The summed E-state index contributed by atoms with van der Waals surface area (Å²) in [6, 6.07) is 13.7. The number of carbonyl (C=O) groups is 3. The molecule has 3 aromatic rings. The van der Waals surface area contributed by atoms with Crippen molar-refractivity contribution in [2.45, 2.75) is 98.5 Å². The predicted molar refractivity (Wildman–Crippen MR) is 222 cm³/mol. The molecule has 3 aromatic carbocycles. The Morgan fingerprint density at radius 1 is 0.676 bits per heavy atom. The molecule has 68 heavy (non-hydrogen) atoms. The molecule has 368 valence electrons. The second kappa shape index (κ2) is 21.4. The number of carboxylic acids is 1. The highest BCUT2D eigenvalue weighted by molar-refractivity contribution is 5.90. The standard InChI is InChI=1S/C44H48O24/c45-20-6-1-18(2-7-20)3-10-31(51)60-16-29-35(55)37(57)41(68-42-38(58)33(53)24(48)15-62-42)44(67-29)65-27-13-23-25(63-40(27)19-4-8-21(46)9-5-19)11-22(47)12-26(23)64-43-39(59)36(56)34(54)28(66-43)17-61-32(52)14-30(49)50/h1-13,24,28-29,33-48,53-59H,14-17H2,(H,49,50)/p+1. The Labute approximate surface area is 384 Å². The van der Waals surface area contributed by atoms with Crippen molar-refractivity contribution in [2.75, 3.05) is 19.8 Å². The Morgan fingerprint density at radius 2 is 1.29 bits per heavy atom. The number of phenolic OH excluding ortho intramolecular Hbond substituents is 3. The van der Waals surface area contributed by atoms with Crippen LogP contribution in [0.5, 0.6) is 28.7 Å². The first-order valence-corrected chi connectivity index (χ1v) is 20.8. The number of ether oxygens (including phenoxy) is 9. The van der Waals surface area contributed by atoms with Crippen LogP contribution in [0.25, 0.3) is 12.2 Å². The molecule has 7 rings (SSSR count). The molecule has 0 spiro atoms. The predicted octanol–water partition coefficient (Wildman–Crippen LogP) is -2.11. The van der Waals surface area contributed by atoms with Crippen LogP contribution in [0.3, 0.4) is 0 Å². The Balaban J connectivity index is 1.21. The minimum atomic E-state index is -1.98. The Morgan fingerprint density at radius 3 is 1.97 bits per heavy atom. The zero-order valence-electron chi connectivity index (χ0n) is 35.3. The van der Waals surface area contributed by atoms with Gasteiger partial charge in [0.1, 0.15) is 109 Å². The molecule has 0 aromatic heterocycles. The van der Waals surface area contributed by atoms with Crippen LogP contribution in [0.1, 0.15) is 29.2 Å². The summed E-state index contributed by atoms with van der Waals surface area (Å²) in [6.45, 7) is -1.99. The summed E-state index contributed by atoms with van der Waals surface area (Å²) in [7, 11) is 0. The van der Waals surface area contributed by atoms with Crippen molar-refractivity contribution in [3.05, 3.63) is 89.2 Å². The number of aliphatic hydroxyl groups is 9. The molecule has 4 aliphatic rings. The van der Waals surface area contributed by atoms with E-state index in [0.29, 0.717) is 11.1 Å². The van der Waals surface area contributed by atoms with E-state index in [1.165, 1.54) is 66.7 Å². The van der Waals surface area contributed by atoms with E-state index in [0.717, 1.165) is 12.1 Å². The van der Waals surface area contributed by atoms with Gasteiger partial charge >= 0.3 is 17.9 Å². The maximum Gasteiger partial charge on any atom is 0.330 e. The molecular formula is C44H49O24+. The third kappa shape index (κ3) is 11.6.